The van der Waals surface area contributed by atoms with E-state index in [2.05, 4.69) is 12.1 Å². The molecule has 0 radical (unpaired) electrons. The Kier molecular flexibility index (Phi) is 7.00. The summed E-state index contributed by atoms with van der Waals surface area (Å²) in [5.41, 5.74) is 9.93. The fourth-order valence-electron chi connectivity index (χ4n) is 4.66. The quantitative estimate of drug-likeness (QED) is 0.614. The molecule has 4 rings (SSSR count). The van der Waals surface area contributed by atoms with Crippen molar-refractivity contribution in [1.29, 1.82) is 10.5 Å². The Morgan fingerprint density at radius 2 is 1.94 bits per heavy atom. The van der Waals surface area contributed by atoms with E-state index in [9.17, 15) is 15.3 Å². The molecule has 178 valence electrons. The first-order valence-electron chi connectivity index (χ1n) is 11.4. The maximum absolute atomic E-state index is 13.0. The van der Waals surface area contributed by atoms with Gasteiger partial charge >= 0.3 is 0 Å². The Morgan fingerprint density at radius 1 is 1.17 bits per heavy atom. The molecule has 7 nitrogen and oxygen atoms in total. The van der Waals surface area contributed by atoms with Crippen LogP contribution < -0.4 is 15.2 Å². The van der Waals surface area contributed by atoms with Crippen LogP contribution in [0.4, 0.5) is 0 Å². The van der Waals surface area contributed by atoms with Gasteiger partial charge in [0.25, 0.3) is 0 Å². The van der Waals surface area contributed by atoms with Gasteiger partial charge in [0.15, 0.2) is 17.3 Å². The number of ether oxygens (including phenoxy) is 2. The molecule has 0 aromatic heterocycles. The second kappa shape index (κ2) is 10.1. The lowest BCUT2D eigenvalue weighted by atomic mass is 9.76. The van der Waals surface area contributed by atoms with Gasteiger partial charge in [0.2, 0.25) is 0 Å². The first-order valence-corrected chi connectivity index (χ1v) is 11.8. The van der Waals surface area contributed by atoms with Gasteiger partial charge in [0.05, 0.1) is 40.8 Å². The van der Waals surface area contributed by atoms with E-state index in [1.54, 1.807) is 36.2 Å². The largest absolute Gasteiger partial charge is 0.490 e. The van der Waals surface area contributed by atoms with Crippen LogP contribution in [-0.4, -0.2) is 24.3 Å². The molecule has 0 amide bonds. The minimum atomic E-state index is -0.635. The van der Waals surface area contributed by atoms with Crippen LogP contribution in [-0.2, 0) is 11.4 Å². The molecule has 1 heterocycles. The number of halogens is 1. The van der Waals surface area contributed by atoms with Gasteiger partial charge < -0.3 is 20.1 Å². The average Bonchev–Trinajstić information content (AvgIpc) is 2.86. The SMILES string of the molecule is CCOc1cc([C@@H]2C(C#N)=C(N)N(C)C3=C2C(=O)CCC3)cc(Cl)c1OCc1ccccc1C#N. The Labute approximate surface area is 209 Å². The van der Waals surface area contributed by atoms with Gasteiger partial charge in [-0.05, 0) is 43.5 Å². The van der Waals surface area contributed by atoms with Crippen molar-refractivity contribution < 1.29 is 14.3 Å². The highest BCUT2D eigenvalue weighted by atomic mass is 35.5. The summed E-state index contributed by atoms with van der Waals surface area (Å²) in [5.74, 6) is 0.422. The smallest absolute Gasteiger partial charge is 0.180 e. The average molecular weight is 489 g/mol. The molecule has 2 N–H and O–H groups in total. The van der Waals surface area contributed by atoms with Crippen molar-refractivity contribution in [2.75, 3.05) is 13.7 Å². The van der Waals surface area contributed by atoms with Crippen LogP contribution >= 0.6 is 11.6 Å². The van der Waals surface area contributed by atoms with E-state index in [0.717, 1.165) is 17.7 Å². The van der Waals surface area contributed by atoms with E-state index in [1.165, 1.54) is 0 Å². The molecular formula is C27H25ClN4O3. The Bertz CT molecular complexity index is 1330. The maximum atomic E-state index is 13.0. The number of carbonyl (C=O) groups excluding carboxylic acids is 1. The number of hydrogen-bond donors (Lipinski definition) is 1. The molecule has 2 aromatic rings. The van der Waals surface area contributed by atoms with Crippen molar-refractivity contribution >= 4 is 17.4 Å². The first-order chi connectivity index (χ1) is 16.9. The lowest BCUT2D eigenvalue weighted by molar-refractivity contribution is -0.116. The summed E-state index contributed by atoms with van der Waals surface area (Å²) < 4.78 is 11.9. The number of hydrogen-bond acceptors (Lipinski definition) is 7. The first kappa shape index (κ1) is 24.2. The van der Waals surface area contributed by atoms with Gasteiger partial charge in [-0.25, -0.2) is 0 Å². The summed E-state index contributed by atoms with van der Waals surface area (Å²) in [6, 6.07) is 15.0. The van der Waals surface area contributed by atoms with Crippen molar-refractivity contribution in [3.8, 4) is 23.6 Å². The molecule has 35 heavy (non-hydrogen) atoms. The molecular weight excluding hydrogens is 464 g/mol. The number of rotatable bonds is 6. The molecule has 0 unspecified atom stereocenters. The van der Waals surface area contributed by atoms with E-state index in [1.807, 2.05) is 19.1 Å². The third kappa shape index (κ3) is 4.43. The van der Waals surface area contributed by atoms with Crippen LogP contribution in [0.5, 0.6) is 11.5 Å². The summed E-state index contributed by atoms with van der Waals surface area (Å²) in [4.78, 5) is 14.8. The van der Waals surface area contributed by atoms with Gasteiger partial charge in [-0.3, -0.25) is 4.79 Å². The molecule has 2 aliphatic rings. The van der Waals surface area contributed by atoms with E-state index in [-0.39, 0.29) is 17.4 Å². The summed E-state index contributed by atoms with van der Waals surface area (Å²) >= 11 is 6.69. The monoisotopic (exact) mass is 488 g/mol. The topological polar surface area (TPSA) is 112 Å². The molecule has 1 atom stereocenters. The van der Waals surface area contributed by atoms with E-state index in [4.69, 9.17) is 26.8 Å². The normalized spacial score (nSPS) is 17.6. The van der Waals surface area contributed by atoms with Crippen molar-refractivity contribution in [1.82, 2.24) is 4.90 Å². The number of nitrogens with zero attached hydrogens (tertiary/aromatic N) is 3. The van der Waals surface area contributed by atoms with E-state index in [0.29, 0.717) is 59.0 Å². The second-order valence-corrected chi connectivity index (χ2v) is 8.77. The van der Waals surface area contributed by atoms with Crippen molar-refractivity contribution in [3.63, 3.8) is 0 Å². The summed E-state index contributed by atoms with van der Waals surface area (Å²) in [5, 5.41) is 19.6. The summed E-state index contributed by atoms with van der Waals surface area (Å²) in [6.45, 7) is 2.32. The number of Topliss-reactive ketones (excluding diaryl/α,β-unsaturated/α-hetero) is 1. The number of nitrogens with two attached hydrogens (primary N) is 1. The van der Waals surface area contributed by atoms with Crippen LogP contribution in [0.3, 0.4) is 0 Å². The van der Waals surface area contributed by atoms with Crippen LogP contribution in [0.2, 0.25) is 5.02 Å². The van der Waals surface area contributed by atoms with Gasteiger partial charge in [0.1, 0.15) is 12.4 Å². The fourth-order valence-corrected chi connectivity index (χ4v) is 4.93. The number of benzene rings is 2. The van der Waals surface area contributed by atoms with E-state index >= 15 is 0 Å². The molecule has 0 spiro atoms. The Morgan fingerprint density at radius 3 is 2.66 bits per heavy atom. The number of nitriles is 2. The van der Waals surface area contributed by atoms with Crippen molar-refractivity contribution in [2.24, 2.45) is 5.73 Å². The number of allylic oxidation sites excluding steroid dienone is 3. The minimum absolute atomic E-state index is 0.00543. The fraction of sp³-hybridized carbons (Fsp3) is 0.296. The lowest BCUT2D eigenvalue weighted by Gasteiger charge is -2.37. The molecule has 0 saturated carbocycles. The molecule has 0 fully saturated rings. The standard InChI is InChI=1S/C27H25ClN4O3/c1-3-34-23-12-18(11-20(28)26(23)35-15-17-8-5-4-7-16(17)13-29)24-19(14-30)27(31)32(2)21-9-6-10-22(33)25(21)24/h4-5,7-8,11-12,24H,3,6,9-10,15,31H2,1-2H3/t24-/m1/s1. The zero-order chi connectivity index (χ0) is 25.1. The van der Waals surface area contributed by atoms with Crippen molar-refractivity contribution in [3.05, 3.63) is 80.8 Å². The summed E-state index contributed by atoms with van der Waals surface area (Å²) in [6.07, 6.45) is 1.87. The van der Waals surface area contributed by atoms with Crippen molar-refractivity contribution in [2.45, 2.75) is 38.7 Å². The predicted octanol–water partition coefficient (Wildman–Crippen LogP) is 4.92. The zero-order valence-electron chi connectivity index (χ0n) is 19.6. The van der Waals surface area contributed by atoms with Gasteiger partial charge in [-0.1, -0.05) is 29.8 Å². The number of ketones is 1. The zero-order valence-corrected chi connectivity index (χ0v) is 20.4. The molecule has 1 aliphatic carbocycles. The maximum Gasteiger partial charge on any atom is 0.180 e. The lowest BCUT2D eigenvalue weighted by Crippen LogP contribution is -2.36. The third-order valence-corrected chi connectivity index (χ3v) is 6.62. The Hall–Kier alpha value is -3.94. The van der Waals surface area contributed by atoms with Crippen LogP contribution in [0.25, 0.3) is 0 Å². The van der Waals surface area contributed by atoms with Crippen LogP contribution in [0.15, 0.2) is 59.1 Å². The molecule has 8 heteroatoms. The van der Waals surface area contributed by atoms with Gasteiger partial charge in [-0.15, -0.1) is 0 Å². The van der Waals surface area contributed by atoms with Gasteiger partial charge in [0, 0.05) is 30.3 Å². The summed E-state index contributed by atoms with van der Waals surface area (Å²) in [7, 11) is 1.78. The third-order valence-electron chi connectivity index (χ3n) is 6.34. The Balaban J connectivity index is 1.79. The van der Waals surface area contributed by atoms with E-state index < -0.39 is 5.92 Å². The molecule has 2 aromatic carbocycles. The highest BCUT2D eigenvalue weighted by molar-refractivity contribution is 6.32. The molecule has 0 saturated heterocycles. The van der Waals surface area contributed by atoms with Gasteiger partial charge in [-0.2, -0.15) is 10.5 Å². The predicted molar refractivity (Wildman–Crippen MR) is 131 cm³/mol. The number of carbonyl (C=O) groups is 1. The minimum Gasteiger partial charge on any atom is -0.490 e. The van der Waals surface area contributed by atoms with Crippen LogP contribution in [0.1, 0.15) is 48.8 Å². The highest BCUT2D eigenvalue weighted by Gasteiger charge is 2.39. The highest BCUT2D eigenvalue weighted by Crippen LogP contribution is 2.47. The second-order valence-electron chi connectivity index (χ2n) is 8.36. The molecule has 0 bridgehead atoms. The molecule has 1 aliphatic heterocycles. The van der Waals surface area contributed by atoms with Crippen LogP contribution in [0, 0.1) is 22.7 Å².